The smallest absolute Gasteiger partial charge is 0.410 e. The van der Waals surface area contributed by atoms with E-state index >= 15 is 0 Å². The van der Waals surface area contributed by atoms with Gasteiger partial charge in [0.1, 0.15) is 5.60 Å². The maximum absolute atomic E-state index is 12.5. The van der Waals surface area contributed by atoms with Crippen LogP contribution in [0.15, 0.2) is 24.5 Å². The molecule has 1 aromatic heterocycles. The van der Waals surface area contributed by atoms with E-state index in [1.807, 2.05) is 20.8 Å². The largest absolute Gasteiger partial charge is 0.444 e. The Hall–Kier alpha value is -1.63. The lowest BCUT2D eigenvalue weighted by Gasteiger charge is -2.36. The number of hydrogen-bond donors (Lipinski definition) is 0. The third kappa shape index (κ3) is 5.78. The summed E-state index contributed by atoms with van der Waals surface area (Å²) in [5.74, 6) is -0.0966. The molecule has 1 amide bonds. The van der Waals surface area contributed by atoms with E-state index < -0.39 is 21.5 Å². The molecule has 1 saturated heterocycles. The average molecular weight is 354 g/mol. The van der Waals surface area contributed by atoms with Crippen LogP contribution in [-0.2, 0) is 20.3 Å². The van der Waals surface area contributed by atoms with Crippen molar-refractivity contribution >= 4 is 15.9 Å². The number of pyridine rings is 1. The molecule has 2 heterocycles. The molecular weight excluding hydrogens is 328 g/mol. The van der Waals surface area contributed by atoms with Gasteiger partial charge in [0.05, 0.1) is 11.5 Å². The van der Waals surface area contributed by atoms with Crippen LogP contribution in [0.1, 0.15) is 45.6 Å². The van der Waals surface area contributed by atoms with Gasteiger partial charge in [-0.05, 0) is 51.7 Å². The molecule has 2 rings (SSSR count). The number of piperidine rings is 1. The Labute approximate surface area is 144 Å². The van der Waals surface area contributed by atoms with E-state index in [0.717, 1.165) is 12.8 Å². The van der Waals surface area contributed by atoms with Crippen LogP contribution in [0, 0.1) is 0 Å². The minimum atomic E-state index is -3.33. The first kappa shape index (κ1) is 18.7. The summed E-state index contributed by atoms with van der Waals surface area (Å²) in [6.07, 6.45) is 5.23. The van der Waals surface area contributed by atoms with E-state index in [0.29, 0.717) is 18.5 Å². The number of rotatable bonds is 4. The lowest BCUT2D eigenvalue weighted by Crippen LogP contribution is -2.49. The van der Waals surface area contributed by atoms with Crippen molar-refractivity contribution in [1.29, 1.82) is 0 Å². The van der Waals surface area contributed by atoms with Gasteiger partial charge >= 0.3 is 6.09 Å². The first-order valence-corrected chi connectivity index (χ1v) is 10.1. The van der Waals surface area contributed by atoms with E-state index in [-0.39, 0.29) is 17.5 Å². The van der Waals surface area contributed by atoms with Gasteiger partial charge in [-0.3, -0.25) is 4.98 Å². The molecule has 0 saturated carbocycles. The number of nitrogens with zero attached hydrogens (tertiary/aromatic N) is 2. The van der Waals surface area contributed by atoms with Crippen molar-refractivity contribution in [3.05, 3.63) is 30.1 Å². The van der Waals surface area contributed by atoms with Crippen molar-refractivity contribution in [2.45, 2.75) is 57.4 Å². The summed E-state index contributed by atoms with van der Waals surface area (Å²) in [6, 6.07) is 3.14. The molecule has 1 fully saturated rings. The number of carbonyl (C=O) groups excluding carboxylic acids is 1. The molecule has 0 bridgehead atoms. The second-order valence-corrected chi connectivity index (χ2v) is 9.35. The van der Waals surface area contributed by atoms with Crippen molar-refractivity contribution in [2.24, 2.45) is 0 Å². The zero-order valence-corrected chi connectivity index (χ0v) is 15.4. The quantitative estimate of drug-likeness (QED) is 0.831. The SMILES string of the molecule is CC(C)(C)OC(=O)N1CCCC[C@H]1CS(=O)(=O)Cc1cccnc1. The standard InChI is InChI=1S/C17H26N2O4S/c1-17(2,3)23-16(20)19-10-5-4-8-15(19)13-24(21,22)12-14-7-6-9-18-11-14/h6-7,9,11,15H,4-5,8,10,12-13H2,1-3H3/t15-/m0/s1. The first-order chi connectivity index (χ1) is 11.2. The third-order valence-electron chi connectivity index (χ3n) is 3.81. The second kappa shape index (κ2) is 7.51. The van der Waals surface area contributed by atoms with Crippen LogP contribution in [0.5, 0.6) is 0 Å². The van der Waals surface area contributed by atoms with Crippen molar-refractivity contribution in [3.63, 3.8) is 0 Å². The van der Waals surface area contributed by atoms with Gasteiger partial charge in [0.15, 0.2) is 9.84 Å². The summed E-state index contributed by atoms with van der Waals surface area (Å²) in [4.78, 5) is 17.9. The Balaban J connectivity index is 2.06. The van der Waals surface area contributed by atoms with Crippen LogP contribution in [0.25, 0.3) is 0 Å². The molecule has 0 N–H and O–H groups in total. The van der Waals surface area contributed by atoms with E-state index in [1.54, 1.807) is 29.4 Å². The van der Waals surface area contributed by atoms with Gasteiger partial charge in [0, 0.05) is 25.0 Å². The average Bonchev–Trinajstić information content (AvgIpc) is 2.46. The summed E-state index contributed by atoms with van der Waals surface area (Å²) in [5.41, 5.74) is 0.0744. The Morgan fingerprint density at radius 2 is 2.12 bits per heavy atom. The molecule has 1 aliphatic heterocycles. The summed E-state index contributed by atoms with van der Waals surface area (Å²) < 4.78 is 30.5. The number of carbonyl (C=O) groups is 1. The third-order valence-corrected chi connectivity index (χ3v) is 5.48. The van der Waals surface area contributed by atoms with Gasteiger partial charge in [-0.25, -0.2) is 13.2 Å². The second-order valence-electron chi connectivity index (χ2n) is 7.24. The maximum Gasteiger partial charge on any atom is 0.410 e. The summed E-state index contributed by atoms with van der Waals surface area (Å²) >= 11 is 0. The zero-order valence-electron chi connectivity index (χ0n) is 14.6. The van der Waals surface area contributed by atoms with Crippen molar-refractivity contribution in [2.75, 3.05) is 12.3 Å². The Bertz CT molecular complexity index is 653. The van der Waals surface area contributed by atoms with Crippen LogP contribution in [0.3, 0.4) is 0 Å². The predicted molar refractivity (Wildman–Crippen MR) is 92.3 cm³/mol. The molecule has 1 aromatic rings. The van der Waals surface area contributed by atoms with Gasteiger partial charge in [0.2, 0.25) is 0 Å². The molecule has 1 atom stereocenters. The summed E-state index contributed by atoms with van der Waals surface area (Å²) in [7, 11) is -3.33. The molecule has 6 nitrogen and oxygen atoms in total. The highest BCUT2D eigenvalue weighted by Crippen LogP contribution is 2.22. The van der Waals surface area contributed by atoms with Crippen molar-refractivity contribution in [1.82, 2.24) is 9.88 Å². The number of sulfone groups is 1. The molecule has 24 heavy (non-hydrogen) atoms. The summed E-state index contributed by atoms with van der Waals surface area (Å²) in [6.45, 7) is 5.97. The zero-order chi connectivity index (χ0) is 17.8. The van der Waals surface area contributed by atoms with Crippen molar-refractivity contribution in [3.8, 4) is 0 Å². The maximum atomic E-state index is 12.5. The number of ether oxygens (including phenoxy) is 1. The first-order valence-electron chi connectivity index (χ1n) is 8.25. The summed E-state index contributed by atoms with van der Waals surface area (Å²) in [5, 5.41) is 0. The number of amides is 1. The number of hydrogen-bond acceptors (Lipinski definition) is 5. The fourth-order valence-corrected chi connectivity index (χ4v) is 4.55. The number of likely N-dealkylation sites (tertiary alicyclic amines) is 1. The molecule has 7 heteroatoms. The highest BCUT2D eigenvalue weighted by atomic mass is 32.2. The van der Waals surface area contributed by atoms with Gasteiger partial charge < -0.3 is 9.64 Å². The Morgan fingerprint density at radius 1 is 1.38 bits per heavy atom. The van der Waals surface area contributed by atoms with Crippen LogP contribution in [0.2, 0.25) is 0 Å². The lowest BCUT2D eigenvalue weighted by molar-refractivity contribution is 0.0124. The lowest BCUT2D eigenvalue weighted by atomic mass is 10.0. The highest BCUT2D eigenvalue weighted by molar-refractivity contribution is 7.90. The minimum absolute atomic E-state index is 0.0405. The molecule has 0 aromatic carbocycles. The predicted octanol–water partition coefficient (Wildman–Crippen LogP) is 2.79. The van der Waals surface area contributed by atoms with E-state index in [9.17, 15) is 13.2 Å². The van der Waals surface area contributed by atoms with Gasteiger partial charge in [-0.15, -0.1) is 0 Å². The fraction of sp³-hybridized carbons (Fsp3) is 0.647. The van der Waals surface area contributed by atoms with Gasteiger partial charge in [-0.2, -0.15) is 0 Å². The van der Waals surface area contributed by atoms with E-state index in [4.69, 9.17) is 4.74 Å². The molecule has 1 aliphatic rings. The Morgan fingerprint density at radius 3 is 2.75 bits per heavy atom. The van der Waals surface area contributed by atoms with Gasteiger partial charge in [0.25, 0.3) is 0 Å². The highest BCUT2D eigenvalue weighted by Gasteiger charge is 2.33. The molecule has 0 radical (unpaired) electrons. The monoisotopic (exact) mass is 354 g/mol. The molecule has 0 aliphatic carbocycles. The normalized spacial score (nSPS) is 19.1. The number of aromatic nitrogens is 1. The van der Waals surface area contributed by atoms with Gasteiger partial charge in [-0.1, -0.05) is 6.07 Å². The molecule has 134 valence electrons. The van der Waals surface area contributed by atoms with Crippen LogP contribution in [0.4, 0.5) is 4.79 Å². The van der Waals surface area contributed by atoms with Crippen molar-refractivity contribution < 1.29 is 17.9 Å². The molecular formula is C17H26N2O4S. The van der Waals surface area contributed by atoms with E-state index in [2.05, 4.69) is 4.98 Å². The van der Waals surface area contributed by atoms with Crippen LogP contribution >= 0.6 is 0 Å². The minimum Gasteiger partial charge on any atom is -0.444 e. The fourth-order valence-electron chi connectivity index (χ4n) is 2.82. The Kier molecular flexibility index (Phi) is 5.85. The molecule has 0 unspecified atom stereocenters. The van der Waals surface area contributed by atoms with E-state index in [1.165, 1.54) is 0 Å². The van der Waals surface area contributed by atoms with Crippen LogP contribution in [-0.4, -0.2) is 48.3 Å². The topological polar surface area (TPSA) is 76.6 Å². The molecule has 0 spiro atoms. The van der Waals surface area contributed by atoms with Crippen LogP contribution < -0.4 is 0 Å².